The minimum atomic E-state index is -0.577. The molecule has 31 heavy (non-hydrogen) atoms. The number of amides is 2. The number of nitrogens with one attached hydrogen (secondary N) is 1. The van der Waals surface area contributed by atoms with E-state index in [2.05, 4.69) is 5.32 Å². The van der Waals surface area contributed by atoms with Crippen molar-refractivity contribution in [1.29, 1.82) is 0 Å². The number of ether oxygens (including phenoxy) is 3. The van der Waals surface area contributed by atoms with Gasteiger partial charge in [-0.15, -0.1) is 11.3 Å². The highest BCUT2D eigenvalue weighted by Crippen LogP contribution is 2.36. The van der Waals surface area contributed by atoms with Crippen LogP contribution in [0.1, 0.15) is 56.7 Å². The zero-order valence-corrected chi connectivity index (χ0v) is 18.9. The van der Waals surface area contributed by atoms with E-state index in [1.54, 1.807) is 36.9 Å². The first kappa shape index (κ1) is 22.6. The van der Waals surface area contributed by atoms with Gasteiger partial charge >= 0.3 is 5.97 Å². The Labute approximate surface area is 185 Å². The molecule has 0 atom stereocenters. The summed E-state index contributed by atoms with van der Waals surface area (Å²) in [5.41, 5.74) is 1.05. The van der Waals surface area contributed by atoms with E-state index in [1.807, 2.05) is 13.8 Å². The molecule has 2 amide bonds. The number of fused-ring (bicyclic) bond motifs is 1. The van der Waals surface area contributed by atoms with Gasteiger partial charge in [0.25, 0.3) is 11.8 Å². The summed E-state index contributed by atoms with van der Waals surface area (Å²) in [4.78, 5) is 40.5. The molecular formula is C22H26N2O6S. The number of esters is 1. The molecule has 0 aliphatic carbocycles. The fraction of sp³-hybridized carbons (Fsp3) is 0.409. The molecule has 9 heteroatoms. The van der Waals surface area contributed by atoms with Crippen LogP contribution in [0.25, 0.3) is 0 Å². The van der Waals surface area contributed by atoms with Crippen LogP contribution in [-0.2, 0) is 4.74 Å². The average molecular weight is 447 g/mol. The Balaban J connectivity index is 1.95. The van der Waals surface area contributed by atoms with Gasteiger partial charge in [-0.05, 0) is 51.5 Å². The van der Waals surface area contributed by atoms with Crippen LogP contribution in [0.3, 0.4) is 0 Å². The lowest BCUT2D eigenvalue weighted by Gasteiger charge is -2.18. The first-order valence-corrected chi connectivity index (χ1v) is 11.0. The number of thiophene rings is 1. The summed E-state index contributed by atoms with van der Waals surface area (Å²) in [5.74, 6) is -0.117. The number of anilines is 1. The third-order valence-corrected chi connectivity index (χ3v) is 6.10. The third kappa shape index (κ3) is 4.66. The number of carbonyl (C=O) groups excluding carboxylic acids is 3. The standard InChI is InChI=1S/C22H26N2O6S/c1-5-24(6-2)21(26)18-13(4)17(22(27)28-7-3)20(31-18)23-19(25)14-8-9-15-16(12-14)30-11-10-29-15/h8-9,12H,5-7,10-11H2,1-4H3,(H,23,25). The molecule has 0 saturated carbocycles. The normalized spacial score (nSPS) is 12.3. The van der Waals surface area contributed by atoms with E-state index in [0.717, 1.165) is 11.3 Å². The molecule has 8 nitrogen and oxygen atoms in total. The zero-order valence-electron chi connectivity index (χ0n) is 18.1. The van der Waals surface area contributed by atoms with Gasteiger partial charge in [0.05, 0.1) is 17.0 Å². The second-order valence-electron chi connectivity index (χ2n) is 6.77. The second-order valence-corrected chi connectivity index (χ2v) is 7.79. The molecular weight excluding hydrogens is 420 g/mol. The van der Waals surface area contributed by atoms with E-state index in [9.17, 15) is 14.4 Å². The summed E-state index contributed by atoms with van der Waals surface area (Å²) in [5, 5.41) is 3.06. The molecule has 0 unspecified atom stereocenters. The molecule has 1 aliphatic rings. The number of carbonyl (C=O) groups is 3. The van der Waals surface area contributed by atoms with E-state index in [4.69, 9.17) is 14.2 Å². The van der Waals surface area contributed by atoms with Crippen LogP contribution in [0, 0.1) is 6.92 Å². The predicted octanol–water partition coefficient (Wildman–Crippen LogP) is 3.74. The van der Waals surface area contributed by atoms with Gasteiger partial charge in [-0.2, -0.15) is 0 Å². The van der Waals surface area contributed by atoms with Crippen LogP contribution in [0.15, 0.2) is 18.2 Å². The number of nitrogens with zero attached hydrogens (tertiary/aromatic N) is 1. The molecule has 0 spiro atoms. The van der Waals surface area contributed by atoms with E-state index in [0.29, 0.717) is 53.8 Å². The summed E-state index contributed by atoms with van der Waals surface area (Å²) < 4.78 is 16.2. The van der Waals surface area contributed by atoms with Gasteiger partial charge in [-0.3, -0.25) is 9.59 Å². The van der Waals surface area contributed by atoms with E-state index in [1.165, 1.54) is 0 Å². The van der Waals surface area contributed by atoms with Crippen LogP contribution in [0.5, 0.6) is 11.5 Å². The number of hydrogen-bond acceptors (Lipinski definition) is 7. The lowest BCUT2D eigenvalue weighted by Crippen LogP contribution is -2.30. The lowest BCUT2D eigenvalue weighted by molar-refractivity contribution is 0.0527. The quantitative estimate of drug-likeness (QED) is 0.651. The predicted molar refractivity (Wildman–Crippen MR) is 118 cm³/mol. The smallest absolute Gasteiger partial charge is 0.341 e. The van der Waals surface area contributed by atoms with Crippen LogP contribution < -0.4 is 14.8 Å². The van der Waals surface area contributed by atoms with Gasteiger partial charge < -0.3 is 24.4 Å². The zero-order chi connectivity index (χ0) is 22.5. The number of hydrogen-bond donors (Lipinski definition) is 1. The van der Waals surface area contributed by atoms with Gasteiger partial charge in [-0.25, -0.2) is 4.79 Å². The Morgan fingerprint density at radius 3 is 2.42 bits per heavy atom. The molecule has 0 fully saturated rings. The monoisotopic (exact) mass is 446 g/mol. The molecule has 2 aromatic rings. The van der Waals surface area contributed by atoms with Crippen molar-refractivity contribution in [3.63, 3.8) is 0 Å². The van der Waals surface area contributed by atoms with Crippen molar-refractivity contribution in [2.75, 3.05) is 38.2 Å². The molecule has 1 aliphatic heterocycles. The van der Waals surface area contributed by atoms with Crippen molar-refractivity contribution < 1.29 is 28.6 Å². The fourth-order valence-corrected chi connectivity index (χ4v) is 4.43. The van der Waals surface area contributed by atoms with Crippen molar-refractivity contribution in [2.45, 2.75) is 27.7 Å². The SMILES string of the molecule is CCOC(=O)c1c(NC(=O)c2ccc3c(c2)OCCO3)sc(C(=O)N(CC)CC)c1C. The first-order chi connectivity index (χ1) is 14.9. The molecule has 1 aromatic carbocycles. The topological polar surface area (TPSA) is 94.2 Å². The van der Waals surface area contributed by atoms with Crippen molar-refractivity contribution >= 4 is 34.1 Å². The number of benzene rings is 1. The Kier molecular flexibility index (Phi) is 7.17. The van der Waals surface area contributed by atoms with E-state index >= 15 is 0 Å². The highest BCUT2D eigenvalue weighted by atomic mass is 32.1. The van der Waals surface area contributed by atoms with Crippen LogP contribution in [0.2, 0.25) is 0 Å². The lowest BCUT2D eigenvalue weighted by atomic mass is 10.1. The minimum Gasteiger partial charge on any atom is -0.486 e. The highest BCUT2D eigenvalue weighted by molar-refractivity contribution is 7.18. The maximum atomic E-state index is 12.9. The summed E-state index contributed by atoms with van der Waals surface area (Å²) in [7, 11) is 0. The summed E-state index contributed by atoms with van der Waals surface area (Å²) in [6, 6.07) is 4.89. The van der Waals surface area contributed by atoms with E-state index < -0.39 is 11.9 Å². The van der Waals surface area contributed by atoms with Crippen LogP contribution in [0.4, 0.5) is 5.00 Å². The van der Waals surface area contributed by atoms with Gasteiger partial charge in [0, 0.05) is 18.7 Å². The summed E-state index contributed by atoms with van der Waals surface area (Å²) in [6.45, 7) is 9.31. The molecule has 0 bridgehead atoms. The maximum Gasteiger partial charge on any atom is 0.341 e. The minimum absolute atomic E-state index is 0.183. The molecule has 2 heterocycles. The van der Waals surface area contributed by atoms with Crippen molar-refractivity contribution in [1.82, 2.24) is 4.90 Å². The highest BCUT2D eigenvalue weighted by Gasteiger charge is 2.28. The van der Waals surface area contributed by atoms with Crippen molar-refractivity contribution in [3.8, 4) is 11.5 Å². The largest absolute Gasteiger partial charge is 0.486 e. The Bertz CT molecular complexity index is 996. The Hall–Kier alpha value is -3.07. The average Bonchev–Trinajstić information content (AvgIpc) is 3.09. The molecule has 0 radical (unpaired) electrons. The first-order valence-electron chi connectivity index (χ1n) is 10.2. The molecule has 0 saturated heterocycles. The Morgan fingerprint density at radius 2 is 1.77 bits per heavy atom. The summed E-state index contributed by atoms with van der Waals surface area (Å²) in [6.07, 6.45) is 0. The number of rotatable bonds is 7. The van der Waals surface area contributed by atoms with Gasteiger partial charge in [0.2, 0.25) is 0 Å². The van der Waals surface area contributed by atoms with Crippen molar-refractivity contribution in [3.05, 3.63) is 39.8 Å². The Morgan fingerprint density at radius 1 is 1.10 bits per heavy atom. The van der Waals surface area contributed by atoms with Gasteiger partial charge in [-0.1, -0.05) is 0 Å². The summed E-state index contributed by atoms with van der Waals surface area (Å²) >= 11 is 1.08. The molecule has 3 rings (SSSR count). The van der Waals surface area contributed by atoms with Gasteiger partial charge in [0.15, 0.2) is 11.5 Å². The molecule has 1 aromatic heterocycles. The second kappa shape index (κ2) is 9.82. The molecule has 166 valence electrons. The van der Waals surface area contributed by atoms with E-state index in [-0.39, 0.29) is 23.1 Å². The van der Waals surface area contributed by atoms with Gasteiger partial charge in [0.1, 0.15) is 18.2 Å². The van der Waals surface area contributed by atoms with Crippen LogP contribution in [-0.4, -0.2) is 55.6 Å². The fourth-order valence-electron chi connectivity index (χ4n) is 3.27. The maximum absolute atomic E-state index is 12.9. The third-order valence-electron chi connectivity index (χ3n) is 4.90. The van der Waals surface area contributed by atoms with Crippen LogP contribution >= 0.6 is 11.3 Å². The molecule has 1 N–H and O–H groups in total. The van der Waals surface area contributed by atoms with Crippen molar-refractivity contribution in [2.24, 2.45) is 0 Å².